The molecular formula is C6H4F4N2O2. The second-order valence-corrected chi connectivity index (χ2v) is 2.39. The van der Waals surface area contributed by atoms with Crippen molar-refractivity contribution in [3.05, 3.63) is 17.5 Å². The zero-order chi connectivity index (χ0) is 10.9. The van der Waals surface area contributed by atoms with Gasteiger partial charge in [-0.25, -0.2) is 9.18 Å². The van der Waals surface area contributed by atoms with E-state index < -0.39 is 29.6 Å². The third-order valence-electron chi connectivity index (χ3n) is 1.43. The number of carboxylic acid groups (broad SMARTS) is 1. The third kappa shape index (κ3) is 1.83. The molecule has 4 nitrogen and oxygen atoms in total. The summed E-state index contributed by atoms with van der Waals surface area (Å²) in [6, 6.07) is 0. The van der Waals surface area contributed by atoms with Crippen molar-refractivity contribution in [3.63, 3.8) is 0 Å². The number of carboxylic acids is 1. The van der Waals surface area contributed by atoms with Crippen LogP contribution in [0.5, 0.6) is 0 Å². The van der Waals surface area contributed by atoms with E-state index in [-0.39, 0.29) is 0 Å². The summed E-state index contributed by atoms with van der Waals surface area (Å²) in [6.07, 6.45) is -7.85. The van der Waals surface area contributed by atoms with Crippen molar-refractivity contribution >= 4 is 5.97 Å². The van der Waals surface area contributed by atoms with Gasteiger partial charge in [0.2, 0.25) is 6.17 Å². The SMILES string of the molecule is O=C(O)c1c[nH]nc1C(F)C(F)(F)F. The molecule has 0 saturated carbocycles. The lowest BCUT2D eigenvalue weighted by Gasteiger charge is -2.09. The number of aromatic carboxylic acids is 1. The van der Waals surface area contributed by atoms with Gasteiger partial charge in [-0.2, -0.15) is 18.3 Å². The summed E-state index contributed by atoms with van der Waals surface area (Å²) >= 11 is 0. The minimum absolute atomic E-state index is 0.690. The Kier molecular flexibility index (Phi) is 2.45. The number of halogens is 4. The van der Waals surface area contributed by atoms with Crippen molar-refractivity contribution in [3.8, 4) is 0 Å². The van der Waals surface area contributed by atoms with Crippen molar-refractivity contribution < 1.29 is 27.5 Å². The molecule has 8 heteroatoms. The van der Waals surface area contributed by atoms with Gasteiger partial charge in [-0.1, -0.05) is 0 Å². The van der Waals surface area contributed by atoms with Crippen LogP contribution < -0.4 is 0 Å². The molecule has 0 fully saturated rings. The Hall–Kier alpha value is -1.60. The number of nitrogens with zero attached hydrogens (tertiary/aromatic N) is 1. The van der Waals surface area contributed by atoms with Crippen molar-refractivity contribution in [1.29, 1.82) is 0 Å². The Morgan fingerprint density at radius 1 is 1.57 bits per heavy atom. The number of aromatic nitrogens is 2. The lowest BCUT2D eigenvalue weighted by atomic mass is 10.2. The molecule has 0 amide bonds. The van der Waals surface area contributed by atoms with Crippen LogP contribution >= 0.6 is 0 Å². The minimum Gasteiger partial charge on any atom is -0.478 e. The molecule has 1 aromatic rings. The van der Waals surface area contributed by atoms with Gasteiger partial charge < -0.3 is 5.11 Å². The number of hydrogen-bond acceptors (Lipinski definition) is 2. The van der Waals surface area contributed by atoms with Crippen molar-refractivity contribution in [2.24, 2.45) is 0 Å². The van der Waals surface area contributed by atoms with E-state index in [4.69, 9.17) is 5.11 Å². The van der Waals surface area contributed by atoms with Crippen LogP contribution in [-0.4, -0.2) is 27.4 Å². The number of aromatic amines is 1. The van der Waals surface area contributed by atoms with Crippen molar-refractivity contribution in [2.45, 2.75) is 12.3 Å². The van der Waals surface area contributed by atoms with Gasteiger partial charge in [-0.05, 0) is 0 Å². The molecule has 0 aliphatic rings. The molecule has 0 aliphatic heterocycles. The first kappa shape index (κ1) is 10.5. The van der Waals surface area contributed by atoms with Gasteiger partial charge in [0.05, 0.1) is 0 Å². The van der Waals surface area contributed by atoms with Crippen LogP contribution in [0.1, 0.15) is 22.2 Å². The molecule has 0 aromatic carbocycles. The van der Waals surface area contributed by atoms with E-state index in [0.29, 0.717) is 6.20 Å². The average Bonchev–Trinajstić information content (AvgIpc) is 2.48. The van der Waals surface area contributed by atoms with Crippen molar-refractivity contribution in [2.75, 3.05) is 0 Å². The van der Waals surface area contributed by atoms with E-state index in [1.165, 1.54) is 0 Å². The molecule has 1 heterocycles. The number of hydrogen-bond donors (Lipinski definition) is 2. The van der Waals surface area contributed by atoms with Crippen LogP contribution in [0.2, 0.25) is 0 Å². The molecule has 0 bridgehead atoms. The summed E-state index contributed by atoms with van der Waals surface area (Å²) in [4.78, 5) is 10.3. The van der Waals surface area contributed by atoms with E-state index in [2.05, 4.69) is 5.10 Å². The number of alkyl halides is 4. The fourth-order valence-electron chi connectivity index (χ4n) is 0.820. The number of rotatable bonds is 2. The van der Waals surface area contributed by atoms with Crippen LogP contribution in [0.3, 0.4) is 0 Å². The van der Waals surface area contributed by atoms with Crippen LogP contribution in [0.4, 0.5) is 17.6 Å². The first-order valence-electron chi connectivity index (χ1n) is 3.31. The van der Waals surface area contributed by atoms with E-state index in [0.717, 1.165) is 0 Å². The van der Waals surface area contributed by atoms with Crippen molar-refractivity contribution in [1.82, 2.24) is 10.2 Å². The van der Waals surface area contributed by atoms with Gasteiger partial charge in [0.15, 0.2) is 0 Å². The molecule has 0 radical (unpaired) electrons. The molecule has 0 aliphatic carbocycles. The van der Waals surface area contributed by atoms with Gasteiger partial charge >= 0.3 is 12.1 Å². The Morgan fingerprint density at radius 2 is 2.14 bits per heavy atom. The highest BCUT2D eigenvalue weighted by Gasteiger charge is 2.44. The highest BCUT2D eigenvalue weighted by Crippen LogP contribution is 2.36. The summed E-state index contributed by atoms with van der Waals surface area (Å²) in [5, 5.41) is 13.1. The summed E-state index contributed by atoms with van der Waals surface area (Å²) < 4.78 is 48.1. The predicted octanol–water partition coefficient (Wildman–Crippen LogP) is 1.68. The second kappa shape index (κ2) is 3.28. The van der Waals surface area contributed by atoms with Crippen LogP contribution in [-0.2, 0) is 0 Å². The van der Waals surface area contributed by atoms with Crippen LogP contribution in [0.15, 0.2) is 6.20 Å². The minimum atomic E-state index is -5.15. The third-order valence-corrected chi connectivity index (χ3v) is 1.43. The maximum Gasteiger partial charge on any atom is 0.425 e. The van der Waals surface area contributed by atoms with Gasteiger partial charge in [-0.15, -0.1) is 0 Å². The van der Waals surface area contributed by atoms with E-state index >= 15 is 0 Å². The second-order valence-electron chi connectivity index (χ2n) is 2.39. The highest BCUT2D eigenvalue weighted by atomic mass is 19.4. The molecule has 1 aromatic heterocycles. The standard InChI is InChI=1S/C6H4F4N2O2/c7-4(6(8,9)10)3-2(5(13)14)1-11-12-3/h1,4H,(H,11,12)(H,13,14). The smallest absolute Gasteiger partial charge is 0.425 e. The monoisotopic (exact) mass is 212 g/mol. The fourth-order valence-corrected chi connectivity index (χ4v) is 0.820. The Labute approximate surface area is 74.5 Å². The van der Waals surface area contributed by atoms with E-state index in [9.17, 15) is 22.4 Å². The fraction of sp³-hybridized carbons (Fsp3) is 0.333. The highest BCUT2D eigenvalue weighted by molar-refractivity contribution is 5.88. The molecule has 14 heavy (non-hydrogen) atoms. The zero-order valence-corrected chi connectivity index (χ0v) is 6.47. The summed E-state index contributed by atoms with van der Waals surface area (Å²) in [7, 11) is 0. The summed E-state index contributed by atoms with van der Waals surface area (Å²) in [6.45, 7) is 0. The predicted molar refractivity (Wildman–Crippen MR) is 35.5 cm³/mol. The Balaban J connectivity index is 3.07. The van der Waals surface area contributed by atoms with E-state index in [1.54, 1.807) is 0 Å². The summed E-state index contributed by atoms with van der Waals surface area (Å²) in [5.41, 5.74) is -1.99. The van der Waals surface area contributed by atoms with Gasteiger partial charge in [0.25, 0.3) is 0 Å². The molecule has 1 unspecified atom stereocenters. The summed E-state index contributed by atoms with van der Waals surface area (Å²) in [5.74, 6) is -1.67. The lowest BCUT2D eigenvalue weighted by molar-refractivity contribution is -0.183. The van der Waals surface area contributed by atoms with Gasteiger partial charge in [0.1, 0.15) is 11.3 Å². The molecule has 0 spiro atoms. The number of carbonyl (C=O) groups is 1. The van der Waals surface area contributed by atoms with Gasteiger partial charge in [-0.3, -0.25) is 5.10 Å². The zero-order valence-electron chi connectivity index (χ0n) is 6.47. The quantitative estimate of drug-likeness (QED) is 0.733. The molecule has 78 valence electrons. The largest absolute Gasteiger partial charge is 0.478 e. The first-order valence-corrected chi connectivity index (χ1v) is 3.31. The topological polar surface area (TPSA) is 66.0 Å². The van der Waals surface area contributed by atoms with E-state index in [1.807, 2.05) is 5.10 Å². The molecule has 1 atom stereocenters. The van der Waals surface area contributed by atoms with Gasteiger partial charge in [0, 0.05) is 6.20 Å². The number of H-pyrrole nitrogens is 1. The average molecular weight is 212 g/mol. The Bertz CT molecular complexity index is 346. The lowest BCUT2D eigenvalue weighted by Crippen LogP contribution is -2.19. The maximum atomic E-state index is 12.6. The molecular weight excluding hydrogens is 208 g/mol. The first-order chi connectivity index (χ1) is 6.34. The molecule has 1 rings (SSSR count). The maximum absolute atomic E-state index is 12.6. The Morgan fingerprint density at radius 3 is 2.57 bits per heavy atom. The normalized spacial score (nSPS) is 14.0. The molecule has 0 saturated heterocycles. The van der Waals surface area contributed by atoms with Crippen LogP contribution in [0, 0.1) is 0 Å². The number of nitrogens with one attached hydrogen (secondary N) is 1. The molecule has 2 N–H and O–H groups in total. The van der Waals surface area contributed by atoms with Crippen LogP contribution in [0.25, 0.3) is 0 Å².